The maximum atomic E-state index is 14.7. The molecule has 2 aromatic carbocycles. The van der Waals surface area contributed by atoms with E-state index < -0.39 is 11.5 Å². The minimum absolute atomic E-state index is 0.0573. The predicted molar refractivity (Wildman–Crippen MR) is 136 cm³/mol. The molecule has 0 heterocycles. The molecule has 1 fully saturated rings. The number of rotatable bonds is 7. The monoisotopic (exact) mass is 504 g/mol. The molecule has 0 saturated heterocycles. The van der Waals surface area contributed by atoms with Crippen molar-refractivity contribution >= 4 is 41.6 Å². The van der Waals surface area contributed by atoms with Crippen molar-refractivity contribution in [3.63, 3.8) is 0 Å². The quantitative estimate of drug-likeness (QED) is 0.292. The van der Waals surface area contributed by atoms with E-state index in [4.69, 9.17) is 28.2 Å². The molecule has 1 aliphatic carbocycles. The Bertz CT molecular complexity index is 1070. The Kier molecular flexibility index (Phi) is 8.20. The smallest absolute Gasteiger partial charge is 0.211 e. The van der Waals surface area contributed by atoms with E-state index >= 15 is 0 Å². The highest BCUT2D eigenvalue weighted by molar-refractivity contribution is 6.35. The lowest BCUT2D eigenvalue weighted by atomic mass is 9.69. The van der Waals surface area contributed by atoms with Crippen molar-refractivity contribution in [3.8, 4) is 0 Å². The molecular formula is C27H31Cl2FN2O2. The van der Waals surface area contributed by atoms with Gasteiger partial charge < -0.3 is 4.90 Å². The minimum Gasteiger partial charge on any atom is -0.316 e. The molecule has 0 atom stereocenters. The van der Waals surface area contributed by atoms with Crippen molar-refractivity contribution in [2.45, 2.75) is 65.6 Å². The van der Waals surface area contributed by atoms with Gasteiger partial charge in [-0.25, -0.2) is 4.39 Å². The maximum Gasteiger partial charge on any atom is 0.211 e. The molecule has 3 rings (SSSR count). The second kappa shape index (κ2) is 10.6. The highest BCUT2D eigenvalue weighted by Crippen LogP contribution is 2.45. The zero-order chi connectivity index (χ0) is 25.1. The van der Waals surface area contributed by atoms with Gasteiger partial charge in [0, 0.05) is 26.9 Å². The van der Waals surface area contributed by atoms with Gasteiger partial charge >= 0.3 is 0 Å². The fraction of sp³-hybridized carbons (Fsp3) is 0.444. The maximum absolute atomic E-state index is 14.7. The third-order valence-electron chi connectivity index (χ3n) is 6.88. The summed E-state index contributed by atoms with van der Waals surface area (Å²) < 4.78 is 14.7. The van der Waals surface area contributed by atoms with Crippen molar-refractivity contribution in [1.29, 1.82) is 0 Å². The van der Waals surface area contributed by atoms with Gasteiger partial charge in [-0.05, 0) is 73.8 Å². The van der Waals surface area contributed by atoms with Gasteiger partial charge in [-0.15, -0.1) is 0 Å². The summed E-state index contributed by atoms with van der Waals surface area (Å²) in [6.45, 7) is 8.63. The molecule has 0 unspecified atom stereocenters. The van der Waals surface area contributed by atoms with Crippen molar-refractivity contribution in [2.75, 3.05) is 0 Å². The molecule has 0 bridgehead atoms. The number of carbonyl (C=O) groups is 2. The van der Waals surface area contributed by atoms with Gasteiger partial charge in [-0.3, -0.25) is 14.6 Å². The van der Waals surface area contributed by atoms with Gasteiger partial charge in [0.05, 0.1) is 6.54 Å². The van der Waals surface area contributed by atoms with Crippen molar-refractivity contribution < 1.29 is 14.0 Å². The van der Waals surface area contributed by atoms with Crippen LogP contribution in [0.3, 0.4) is 0 Å². The number of hydrogen-bond acceptors (Lipinski definition) is 3. The summed E-state index contributed by atoms with van der Waals surface area (Å²) in [7, 11) is 0. The molecule has 0 spiro atoms. The van der Waals surface area contributed by atoms with E-state index in [2.05, 4.69) is 20.8 Å². The Morgan fingerprint density at radius 2 is 1.74 bits per heavy atom. The molecule has 0 aromatic heterocycles. The van der Waals surface area contributed by atoms with Crippen LogP contribution in [0.15, 0.2) is 41.4 Å². The van der Waals surface area contributed by atoms with E-state index in [0.29, 0.717) is 46.4 Å². The van der Waals surface area contributed by atoms with E-state index in [1.54, 1.807) is 35.2 Å². The number of nitrogens with zero attached hydrogens (tertiary/aromatic N) is 2. The molecule has 34 heavy (non-hydrogen) atoms. The average molecular weight is 505 g/mol. The largest absolute Gasteiger partial charge is 0.316 e. The number of carbonyl (C=O) groups excluding carboxylic acids is 2. The molecule has 4 nitrogen and oxygen atoms in total. The molecule has 1 amide bonds. The molecule has 182 valence electrons. The average Bonchev–Trinajstić information content (AvgIpc) is 2.77. The lowest BCUT2D eigenvalue weighted by molar-refractivity contribution is -0.127. The van der Waals surface area contributed by atoms with Crippen LogP contribution in [-0.2, 0) is 11.3 Å². The molecule has 7 heteroatoms. The Balaban J connectivity index is 2.01. The first kappa shape index (κ1) is 26.4. The zero-order valence-electron chi connectivity index (χ0n) is 20.1. The van der Waals surface area contributed by atoms with Crippen LogP contribution in [0, 0.1) is 17.2 Å². The first-order valence-corrected chi connectivity index (χ1v) is 12.2. The second-order valence-corrected chi connectivity index (χ2v) is 11.1. The normalized spacial score (nSPS) is 21.3. The standard InChI is InChI=1S/C27H31Cl2FN2O2/c1-18(21-12-23(28)14-24(29)13-21)31-27(9-7-22(8-10-27)26(2,3)4)32(17-34)15-20-6-5-19(16-33)11-25(20)30/h5-6,11-14,16-17,22H,7-10,15H2,1-4H3/b31-18+. The molecule has 1 aliphatic rings. The van der Waals surface area contributed by atoms with Gasteiger partial charge in [0.2, 0.25) is 6.41 Å². The Morgan fingerprint density at radius 1 is 1.12 bits per heavy atom. The van der Waals surface area contributed by atoms with Crippen molar-refractivity contribution in [3.05, 3.63) is 69.0 Å². The van der Waals surface area contributed by atoms with E-state index in [1.807, 2.05) is 6.92 Å². The van der Waals surface area contributed by atoms with Crippen LogP contribution < -0.4 is 0 Å². The predicted octanol–water partition coefficient (Wildman–Crippen LogP) is 7.35. The van der Waals surface area contributed by atoms with Crippen LogP contribution in [-0.4, -0.2) is 29.0 Å². The van der Waals surface area contributed by atoms with E-state index in [1.165, 1.54) is 6.07 Å². The summed E-state index contributed by atoms with van der Waals surface area (Å²) in [4.78, 5) is 30.1. The fourth-order valence-electron chi connectivity index (χ4n) is 4.78. The lowest BCUT2D eigenvalue weighted by Crippen LogP contribution is -2.50. The van der Waals surface area contributed by atoms with Crippen LogP contribution in [0.25, 0.3) is 0 Å². The molecule has 2 aromatic rings. The molecule has 0 radical (unpaired) electrons. The number of aldehydes is 1. The topological polar surface area (TPSA) is 49.7 Å². The van der Waals surface area contributed by atoms with Crippen LogP contribution >= 0.6 is 23.2 Å². The number of amides is 1. The Morgan fingerprint density at radius 3 is 2.24 bits per heavy atom. The summed E-state index contributed by atoms with van der Waals surface area (Å²) in [5.41, 5.74) is 1.41. The van der Waals surface area contributed by atoms with Gasteiger partial charge in [0.1, 0.15) is 17.8 Å². The third-order valence-corrected chi connectivity index (χ3v) is 7.32. The van der Waals surface area contributed by atoms with E-state index in [-0.39, 0.29) is 17.5 Å². The summed E-state index contributed by atoms with van der Waals surface area (Å²) in [6, 6.07) is 9.55. The zero-order valence-corrected chi connectivity index (χ0v) is 21.6. The molecule has 1 saturated carbocycles. The van der Waals surface area contributed by atoms with Gasteiger partial charge in [0.15, 0.2) is 0 Å². The first-order valence-electron chi connectivity index (χ1n) is 11.5. The summed E-state index contributed by atoms with van der Waals surface area (Å²) >= 11 is 12.4. The van der Waals surface area contributed by atoms with Crippen LogP contribution in [0.5, 0.6) is 0 Å². The highest BCUT2D eigenvalue weighted by Gasteiger charge is 2.42. The van der Waals surface area contributed by atoms with Gasteiger partial charge in [-0.1, -0.05) is 56.1 Å². The summed E-state index contributed by atoms with van der Waals surface area (Å²) in [5.74, 6) is -0.0221. The van der Waals surface area contributed by atoms with Crippen molar-refractivity contribution in [1.82, 2.24) is 4.90 Å². The molecular weight excluding hydrogens is 474 g/mol. The van der Waals surface area contributed by atoms with Crippen molar-refractivity contribution in [2.24, 2.45) is 16.3 Å². The van der Waals surface area contributed by atoms with E-state index in [9.17, 15) is 14.0 Å². The number of aliphatic imine (C=N–C) groups is 1. The van der Waals surface area contributed by atoms with Crippen LogP contribution in [0.4, 0.5) is 4.39 Å². The second-order valence-electron chi connectivity index (χ2n) is 10.2. The third kappa shape index (κ3) is 6.05. The van der Waals surface area contributed by atoms with Gasteiger partial charge in [-0.2, -0.15) is 0 Å². The molecule has 0 N–H and O–H groups in total. The highest BCUT2D eigenvalue weighted by atomic mass is 35.5. The van der Waals surface area contributed by atoms with Gasteiger partial charge in [0.25, 0.3) is 0 Å². The summed E-state index contributed by atoms with van der Waals surface area (Å²) in [5, 5.41) is 1.01. The molecule has 0 aliphatic heterocycles. The Labute approximate surface area is 211 Å². The number of hydrogen-bond donors (Lipinski definition) is 0. The van der Waals surface area contributed by atoms with Crippen LogP contribution in [0.1, 0.15) is 74.9 Å². The van der Waals surface area contributed by atoms with E-state index in [0.717, 1.165) is 24.8 Å². The summed E-state index contributed by atoms with van der Waals surface area (Å²) in [6.07, 6.45) is 4.47. The number of benzene rings is 2. The minimum atomic E-state index is -0.821. The first-order chi connectivity index (χ1) is 16.0. The SMILES string of the molecule is C/C(=N\C1(N(C=O)Cc2ccc(C=O)cc2F)CCC(C(C)(C)C)CC1)c1cc(Cl)cc(Cl)c1. The Hall–Kier alpha value is -2.24. The van der Waals surface area contributed by atoms with Crippen LogP contribution in [0.2, 0.25) is 10.0 Å². The lowest BCUT2D eigenvalue weighted by Gasteiger charge is -2.46. The fourth-order valence-corrected chi connectivity index (χ4v) is 5.31. The number of halogens is 3.